The summed E-state index contributed by atoms with van der Waals surface area (Å²) in [5, 5.41) is 14.6. The van der Waals surface area contributed by atoms with Gasteiger partial charge in [-0.05, 0) is 39.0 Å². The van der Waals surface area contributed by atoms with Gasteiger partial charge in [-0.2, -0.15) is 0 Å². The second kappa shape index (κ2) is 10.0. The van der Waals surface area contributed by atoms with Crippen LogP contribution >= 0.6 is 0 Å². The summed E-state index contributed by atoms with van der Waals surface area (Å²) in [6.07, 6.45) is 1.27. The highest BCUT2D eigenvalue weighted by Gasteiger charge is 2.19. The zero-order valence-electron chi connectivity index (χ0n) is 17.5. The van der Waals surface area contributed by atoms with E-state index in [-0.39, 0.29) is 41.8 Å². The molecule has 0 aliphatic rings. The molecule has 0 saturated carbocycles. The summed E-state index contributed by atoms with van der Waals surface area (Å²) >= 11 is 0. The zero-order valence-corrected chi connectivity index (χ0v) is 17.5. The summed E-state index contributed by atoms with van der Waals surface area (Å²) in [7, 11) is 1.40. The third-order valence-corrected chi connectivity index (χ3v) is 4.26. The van der Waals surface area contributed by atoms with E-state index in [2.05, 4.69) is 11.7 Å². The summed E-state index contributed by atoms with van der Waals surface area (Å²) in [6, 6.07) is 3.73. The Bertz CT molecular complexity index is 1060. The van der Waals surface area contributed by atoms with Crippen molar-refractivity contribution in [1.29, 1.82) is 0 Å². The van der Waals surface area contributed by atoms with Crippen LogP contribution in [0.4, 0.5) is 4.39 Å². The van der Waals surface area contributed by atoms with Gasteiger partial charge in [0, 0.05) is 18.3 Å². The van der Waals surface area contributed by atoms with E-state index in [0.717, 1.165) is 10.6 Å². The second-order valence-corrected chi connectivity index (χ2v) is 6.92. The number of hydrogen-bond donors (Lipinski definition) is 1. The van der Waals surface area contributed by atoms with E-state index in [1.165, 1.54) is 36.1 Å². The average Bonchev–Trinajstić information content (AvgIpc) is 2.71. The van der Waals surface area contributed by atoms with Crippen molar-refractivity contribution in [2.45, 2.75) is 46.1 Å². The minimum absolute atomic E-state index is 0.0246. The van der Waals surface area contributed by atoms with E-state index in [0.29, 0.717) is 0 Å². The van der Waals surface area contributed by atoms with Crippen LogP contribution in [0, 0.1) is 5.82 Å². The van der Waals surface area contributed by atoms with E-state index in [9.17, 15) is 19.1 Å². The highest BCUT2D eigenvalue weighted by atomic mass is 19.1. The van der Waals surface area contributed by atoms with Crippen LogP contribution in [-0.4, -0.2) is 33.2 Å². The normalized spacial score (nSPS) is 12.7. The Labute approximate surface area is 173 Å². The number of ether oxygens (including phenoxy) is 1. The fourth-order valence-electron chi connectivity index (χ4n) is 2.81. The first kappa shape index (κ1) is 23.1. The molecule has 30 heavy (non-hydrogen) atoms. The Balaban J connectivity index is 2.55. The number of hydrogen-bond acceptors (Lipinski definition) is 6. The maximum absolute atomic E-state index is 13.7. The quantitative estimate of drug-likeness (QED) is 0.382. The van der Waals surface area contributed by atoms with Crippen molar-refractivity contribution in [2.75, 3.05) is 7.11 Å². The van der Waals surface area contributed by atoms with Gasteiger partial charge in [-0.3, -0.25) is 13.9 Å². The van der Waals surface area contributed by atoms with Gasteiger partial charge in [-0.25, -0.2) is 9.18 Å². The number of aliphatic hydroxyl groups is 1. The van der Waals surface area contributed by atoms with E-state index in [4.69, 9.17) is 9.57 Å². The molecule has 0 spiro atoms. The number of aliphatic hydroxyl groups excluding tert-OH is 1. The molecule has 2 rings (SSSR count). The molecule has 0 aliphatic heterocycles. The fraction of sp³-hybridized carbons (Fsp3) is 0.381. The van der Waals surface area contributed by atoms with Gasteiger partial charge in [0.15, 0.2) is 0 Å². The Morgan fingerprint density at radius 3 is 2.67 bits per heavy atom. The first-order valence-corrected chi connectivity index (χ1v) is 9.37. The lowest BCUT2D eigenvalue weighted by Crippen LogP contribution is -2.42. The lowest BCUT2D eigenvalue weighted by molar-refractivity contribution is 0.0859. The molecule has 1 unspecified atom stereocenters. The standard InChI is InChI=1S/C21H26FN3O5/c1-6-9-25-20(27)17(14(4)23-30-13(2)3)11-24(21(25)28)12-18(26)16-10-15(22)7-8-19(16)29-5/h6-8,10-11,13,18,26H,1,9,12H2,2-5H3/b23-14+. The van der Waals surface area contributed by atoms with Crippen molar-refractivity contribution in [3.8, 4) is 5.75 Å². The third-order valence-electron chi connectivity index (χ3n) is 4.26. The summed E-state index contributed by atoms with van der Waals surface area (Å²) < 4.78 is 21.0. The molecular weight excluding hydrogens is 393 g/mol. The Hall–Kier alpha value is -3.20. The Kier molecular flexibility index (Phi) is 7.71. The molecule has 1 aromatic heterocycles. The number of benzene rings is 1. The lowest BCUT2D eigenvalue weighted by Gasteiger charge is -2.18. The molecule has 0 aliphatic carbocycles. The summed E-state index contributed by atoms with van der Waals surface area (Å²) in [5.41, 5.74) is -0.604. The van der Waals surface area contributed by atoms with E-state index < -0.39 is 23.2 Å². The first-order chi connectivity index (χ1) is 14.2. The molecule has 1 atom stereocenters. The molecule has 1 heterocycles. The zero-order chi connectivity index (χ0) is 22.4. The van der Waals surface area contributed by atoms with Crippen molar-refractivity contribution in [1.82, 2.24) is 9.13 Å². The van der Waals surface area contributed by atoms with Crippen LogP contribution < -0.4 is 16.0 Å². The van der Waals surface area contributed by atoms with Crippen LogP contribution in [0.5, 0.6) is 5.75 Å². The average molecular weight is 419 g/mol. The van der Waals surface area contributed by atoms with E-state index in [1.807, 2.05) is 0 Å². The monoisotopic (exact) mass is 419 g/mol. The van der Waals surface area contributed by atoms with Crippen molar-refractivity contribution in [2.24, 2.45) is 5.16 Å². The van der Waals surface area contributed by atoms with Gasteiger partial charge in [0.25, 0.3) is 5.56 Å². The van der Waals surface area contributed by atoms with Gasteiger partial charge in [0.05, 0.1) is 24.9 Å². The maximum atomic E-state index is 13.7. The number of rotatable bonds is 9. The van der Waals surface area contributed by atoms with Gasteiger partial charge in [0.2, 0.25) is 0 Å². The van der Waals surface area contributed by atoms with Gasteiger partial charge < -0.3 is 14.7 Å². The van der Waals surface area contributed by atoms with Gasteiger partial charge in [0.1, 0.15) is 23.8 Å². The molecule has 162 valence electrons. The topological polar surface area (TPSA) is 95.1 Å². The fourth-order valence-corrected chi connectivity index (χ4v) is 2.81. The molecule has 2 aromatic rings. The number of methoxy groups -OCH3 is 1. The highest BCUT2D eigenvalue weighted by Crippen LogP contribution is 2.26. The number of allylic oxidation sites excluding steroid dienone is 1. The summed E-state index contributed by atoms with van der Waals surface area (Å²) in [4.78, 5) is 30.8. The van der Waals surface area contributed by atoms with Crippen LogP contribution in [0.15, 0.2) is 51.8 Å². The number of oxime groups is 1. The van der Waals surface area contributed by atoms with Crippen LogP contribution in [0.3, 0.4) is 0 Å². The van der Waals surface area contributed by atoms with Crippen molar-refractivity contribution in [3.05, 3.63) is 74.8 Å². The highest BCUT2D eigenvalue weighted by molar-refractivity contribution is 5.97. The van der Waals surface area contributed by atoms with Crippen LogP contribution in [0.25, 0.3) is 0 Å². The van der Waals surface area contributed by atoms with Gasteiger partial charge in [-0.15, -0.1) is 6.58 Å². The van der Waals surface area contributed by atoms with Crippen molar-refractivity contribution < 1.29 is 19.1 Å². The van der Waals surface area contributed by atoms with Crippen LogP contribution in [-0.2, 0) is 17.9 Å². The molecule has 0 fully saturated rings. The largest absolute Gasteiger partial charge is 0.496 e. The minimum Gasteiger partial charge on any atom is -0.496 e. The third kappa shape index (κ3) is 5.24. The van der Waals surface area contributed by atoms with Crippen LogP contribution in [0.1, 0.15) is 38.0 Å². The maximum Gasteiger partial charge on any atom is 0.331 e. The Morgan fingerprint density at radius 1 is 1.37 bits per heavy atom. The lowest BCUT2D eigenvalue weighted by atomic mass is 10.1. The molecule has 0 amide bonds. The van der Waals surface area contributed by atoms with Crippen molar-refractivity contribution in [3.63, 3.8) is 0 Å². The molecule has 9 heteroatoms. The Morgan fingerprint density at radius 2 is 2.07 bits per heavy atom. The molecule has 0 bridgehead atoms. The second-order valence-electron chi connectivity index (χ2n) is 6.92. The van der Waals surface area contributed by atoms with Gasteiger partial charge >= 0.3 is 5.69 Å². The smallest absolute Gasteiger partial charge is 0.331 e. The summed E-state index contributed by atoms with van der Waals surface area (Å²) in [6.45, 7) is 8.47. The SMILES string of the molecule is C=CCn1c(=O)c(/C(C)=N/OC(C)C)cn(CC(O)c2cc(F)ccc2OC)c1=O. The first-order valence-electron chi connectivity index (χ1n) is 9.37. The molecular formula is C21H26FN3O5. The predicted octanol–water partition coefficient (Wildman–Crippen LogP) is 2.23. The predicted molar refractivity (Wildman–Crippen MR) is 112 cm³/mol. The molecule has 1 N–H and O–H groups in total. The van der Waals surface area contributed by atoms with Gasteiger partial charge in [-0.1, -0.05) is 11.2 Å². The van der Waals surface area contributed by atoms with Crippen molar-refractivity contribution >= 4 is 5.71 Å². The number of aromatic nitrogens is 2. The molecule has 0 radical (unpaired) electrons. The molecule has 8 nitrogen and oxygen atoms in total. The summed E-state index contributed by atoms with van der Waals surface area (Å²) in [5.74, 6) is -0.275. The minimum atomic E-state index is -1.26. The molecule has 0 saturated heterocycles. The number of nitrogens with zero attached hydrogens (tertiary/aromatic N) is 3. The van der Waals surface area contributed by atoms with E-state index >= 15 is 0 Å². The molecule has 1 aromatic carbocycles. The number of halogens is 1. The van der Waals surface area contributed by atoms with E-state index in [1.54, 1.807) is 20.8 Å². The van der Waals surface area contributed by atoms with Crippen LogP contribution in [0.2, 0.25) is 0 Å².